The molecular formula is C8H18N2O. The molecule has 0 bridgehead atoms. The first-order valence-electron chi connectivity index (χ1n) is 4.15. The zero-order valence-corrected chi connectivity index (χ0v) is 7.39. The van der Waals surface area contributed by atoms with E-state index >= 15 is 0 Å². The third-order valence-corrected chi connectivity index (χ3v) is 2.10. The SMILES string of the molecule is CCCCC(N)(CC)C(N)=O. The van der Waals surface area contributed by atoms with Crippen LogP contribution in [0.3, 0.4) is 0 Å². The van der Waals surface area contributed by atoms with Crippen molar-refractivity contribution in [1.29, 1.82) is 0 Å². The second-order valence-electron chi connectivity index (χ2n) is 2.98. The molecule has 1 amide bonds. The summed E-state index contributed by atoms with van der Waals surface area (Å²) in [6.07, 6.45) is 3.34. The Kier molecular flexibility index (Phi) is 4.11. The van der Waals surface area contributed by atoms with E-state index in [0.717, 1.165) is 12.8 Å². The molecule has 0 aromatic heterocycles. The van der Waals surface area contributed by atoms with Gasteiger partial charge in [0.05, 0.1) is 5.54 Å². The molecule has 0 aliphatic rings. The predicted octanol–water partition coefficient (Wildman–Crippen LogP) is 0.769. The Morgan fingerprint density at radius 3 is 2.27 bits per heavy atom. The number of hydrogen-bond donors (Lipinski definition) is 2. The molecule has 0 radical (unpaired) electrons. The van der Waals surface area contributed by atoms with Crippen molar-refractivity contribution in [2.24, 2.45) is 11.5 Å². The van der Waals surface area contributed by atoms with E-state index < -0.39 is 5.54 Å². The molecule has 0 fully saturated rings. The summed E-state index contributed by atoms with van der Waals surface area (Å²) in [5.41, 5.74) is 10.1. The van der Waals surface area contributed by atoms with Crippen molar-refractivity contribution in [3.05, 3.63) is 0 Å². The molecule has 0 aliphatic heterocycles. The smallest absolute Gasteiger partial charge is 0.237 e. The summed E-state index contributed by atoms with van der Waals surface area (Å²) in [5, 5.41) is 0. The second-order valence-corrected chi connectivity index (χ2v) is 2.98. The van der Waals surface area contributed by atoms with Crippen LogP contribution in [0.25, 0.3) is 0 Å². The summed E-state index contributed by atoms with van der Waals surface area (Å²) in [5.74, 6) is -0.381. The summed E-state index contributed by atoms with van der Waals surface area (Å²) in [4.78, 5) is 10.9. The van der Waals surface area contributed by atoms with Crippen LogP contribution in [0, 0.1) is 0 Å². The molecular weight excluding hydrogens is 140 g/mol. The van der Waals surface area contributed by atoms with Gasteiger partial charge in [0.15, 0.2) is 0 Å². The quantitative estimate of drug-likeness (QED) is 0.620. The van der Waals surface area contributed by atoms with Crippen LogP contribution in [0.5, 0.6) is 0 Å². The summed E-state index contributed by atoms with van der Waals surface area (Å²) in [6.45, 7) is 3.96. The van der Waals surface area contributed by atoms with Gasteiger partial charge in [-0.3, -0.25) is 4.79 Å². The lowest BCUT2D eigenvalue weighted by Gasteiger charge is -2.23. The highest BCUT2D eigenvalue weighted by Gasteiger charge is 2.28. The molecule has 3 nitrogen and oxygen atoms in total. The first-order chi connectivity index (χ1) is 5.06. The molecule has 11 heavy (non-hydrogen) atoms. The topological polar surface area (TPSA) is 69.1 Å². The first kappa shape index (κ1) is 10.4. The zero-order valence-electron chi connectivity index (χ0n) is 7.39. The Hall–Kier alpha value is -0.570. The number of amides is 1. The lowest BCUT2D eigenvalue weighted by atomic mass is 9.90. The molecule has 0 saturated heterocycles. The number of unbranched alkanes of at least 4 members (excludes halogenated alkanes) is 1. The van der Waals surface area contributed by atoms with E-state index in [1.165, 1.54) is 0 Å². The van der Waals surface area contributed by atoms with Crippen LogP contribution < -0.4 is 11.5 Å². The van der Waals surface area contributed by atoms with Crippen molar-refractivity contribution in [2.75, 3.05) is 0 Å². The Labute approximate surface area is 68.1 Å². The lowest BCUT2D eigenvalue weighted by Crippen LogP contribution is -2.51. The summed E-state index contributed by atoms with van der Waals surface area (Å²) >= 11 is 0. The molecule has 1 unspecified atom stereocenters. The van der Waals surface area contributed by atoms with Crippen LogP contribution in [0.1, 0.15) is 39.5 Å². The second kappa shape index (κ2) is 4.34. The normalized spacial score (nSPS) is 15.9. The van der Waals surface area contributed by atoms with Crippen LogP contribution in [-0.2, 0) is 4.79 Å². The Morgan fingerprint density at radius 1 is 1.45 bits per heavy atom. The average Bonchev–Trinajstić information content (AvgIpc) is 2.00. The number of primary amides is 1. The Balaban J connectivity index is 3.99. The van der Waals surface area contributed by atoms with Gasteiger partial charge in [-0.25, -0.2) is 0 Å². The lowest BCUT2D eigenvalue weighted by molar-refractivity contribution is -0.123. The highest BCUT2D eigenvalue weighted by atomic mass is 16.1. The molecule has 3 heteroatoms. The van der Waals surface area contributed by atoms with Gasteiger partial charge in [-0.05, 0) is 12.8 Å². The van der Waals surface area contributed by atoms with Gasteiger partial charge in [0.2, 0.25) is 5.91 Å². The van der Waals surface area contributed by atoms with Crippen molar-refractivity contribution < 1.29 is 4.79 Å². The molecule has 66 valence electrons. The van der Waals surface area contributed by atoms with E-state index in [1.54, 1.807) is 0 Å². The average molecular weight is 158 g/mol. The third kappa shape index (κ3) is 2.89. The molecule has 0 rings (SSSR count). The van der Waals surface area contributed by atoms with E-state index in [2.05, 4.69) is 6.92 Å². The third-order valence-electron chi connectivity index (χ3n) is 2.10. The van der Waals surface area contributed by atoms with E-state index in [1.807, 2.05) is 6.92 Å². The van der Waals surface area contributed by atoms with Crippen molar-refractivity contribution in [3.8, 4) is 0 Å². The van der Waals surface area contributed by atoms with Gasteiger partial charge in [0, 0.05) is 0 Å². The molecule has 0 spiro atoms. The van der Waals surface area contributed by atoms with Gasteiger partial charge in [0.1, 0.15) is 0 Å². The highest BCUT2D eigenvalue weighted by molar-refractivity contribution is 5.84. The van der Waals surface area contributed by atoms with Crippen LogP contribution >= 0.6 is 0 Å². The van der Waals surface area contributed by atoms with E-state index in [9.17, 15) is 4.79 Å². The summed E-state index contributed by atoms with van der Waals surface area (Å²) in [7, 11) is 0. The minimum atomic E-state index is -0.768. The van der Waals surface area contributed by atoms with E-state index in [0.29, 0.717) is 12.8 Å². The number of nitrogens with two attached hydrogens (primary N) is 2. The molecule has 0 aromatic carbocycles. The minimum absolute atomic E-state index is 0.381. The molecule has 1 atom stereocenters. The largest absolute Gasteiger partial charge is 0.368 e. The molecule has 0 aliphatic carbocycles. The van der Waals surface area contributed by atoms with Gasteiger partial charge in [-0.1, -0.05) is 26.7 Å². The van der Waals surface area contributed by atoms with Crippen LogP contribution in [0.15, 0.2) is 0 Å². The Morgan fingerprint density at radius 2 is 2.00 bits per heavy atom. The van der Waals surface area contributed by atoms with Gasteiger partial charge in [-0.2, -0.15) is 0 Å². The fraction of sp³-hybridized carbons (Fsp3) is 0.875. The highest BCUT2D eigenvalue weighted by Crippen LogP contribution is 2.14. The maximum absolute atomic E-state index is 10.9. The minimum Gasteiger partial charge on any atom is -0.368 e. The maximum atomic E-state index is 10.9. The molecule has 0 heterocycles. The van der Waals surface area contributed by atoms with Crippen molar-refractivity contribution >= 4 is 5.91 Å². The van der Waals surface area contributed by atoms with Gasteiger partial charge < -0.3 is 11.5 Å². The van der Waals surface area contributed by atoms with Crippen molar-refractivity contribution in [3.63, 3.8) is 0 Å². The fourth-order valence-corrected chi connectivity index (χ4v) is 0.966. The number of rotatable bonds is 5. The number of carbonyl (C=O) groups excluding carboxylic acids is 1. The van der Waals surface area contributed by atoms with Crippen LogP contribution in [0.2, 0.25) is 0 Å². The van der Waals surface area contributed by atoms with Crippen molar-refractivity contribution in [2.45, 2.75) is 45.1 Å². The van der Waals surface area contributed by atoms with Gasteiger partial charge in [0.25, 0.3) is 0 Å². The first-order valence-corrected chi connectivity index (χ1v) is 4.15. The molecule has 0 aromatic rings. The molecule has 4 N–H and O–H groups in total. The standard InChI is InChI=1S/C8H18N2O/c1-3-5-6-8(10,4-2)7(9)11/h3-6,10H2,1-2H3,(H2,9,11). The zero-order chi connectivity index (χ0) is 8.91. The van der Waals surface area contributed by atoms with Crippen LogP contribution in [0.4, 0.5) is 0 Å². The summed E-state index contributed by atoms with van der Waals surface area (Å²) in [6, 6.07) is 0. The van der Waals surface area contributed by atoms with E-state index in [-0.39, 0.29) is 5.91 Å². The van der Waals surface area contributed by atoms with Gasteiger partial charge in [-0.15, -0.1) is 0 Å². The van der Waals surface area contributed by atoms with Crippen LogP contribution in [-0.4, -0.2) is 11.4 Å². The maximum Gasteiger partial charge on any atom is 0.237 e. The van der Waals surface area contributed by atoms with Crippen molar-refractivity contribution in [1.82, 2.24) is 0 Å². The summed E-state index contributed by atoms with van der Waals surface area (Å²) < 4.78 is 0. The monoisotopic (exact) mass is 158 g/mol. The number of hydrogen-bond acceptors (Lipinski definition) is 2. The fourth-order valence-electron chi connectivity index (χ4n) is 0.966. The van der Waals surface area contributed by atoms with E-state index in [4.69, 9.17) is 11.5 Å². The number of carbonyl (C=O) groups is 1. The van der Waals surface area contributed by atoms with Gasteiger partial charge >= 0.3 is 0 Å². The molecule has 0 saturated carbocycles. The predicted molar refractivity (Wildman–Crippen MR) is 45.9 cm³/mol. The Bertz CT molecular complexity index is 136.